The molecule has 0 radical (unpaired) electrons. The Balaban J connectivity index is 1.45. The minimum absolute atomic E-state index is 0.110. The average Bonchev–Trinajstić information content (AvgIpc) is 2.73. The molecule has 6 nitrogen and oxygen atoms in total. The van der Waals surface area contributed by atoms with Gasteiger partial charge in [0.05, 0.1) is 11.7 Å². The van der Waals surface area contributed by atoms with Crippen LogP contribution in [0, 0.1) is 0 Å². The summed E-state index contributed by atoms with van der Waals surface area (Å²) < 4.78 is 7.17. The molecule has 3 aromatic carbocycles. The largest absolute Gasteiger partial charge is 0.467 e. The highest BCUT2D eigenvalue weighted by molar-refractivity contribution is 9.10. The van der Waals surface area contributed by atoms with Gasteiger partial charge in [0.25, 0.3) is 5.91 Å². The third-order valence-electron chi connectivity index (χ3n) is 5.63. The van der Waals surface area contributed by atoms with Crippen LogP contribution in [-0.4, -0.2) is 17.7 Å². The Labute approximate surface area is 188 Å². The third-order valence-corrected chi connectivity index (χ3v) is 6.12. The number of nitrogens with one attached hydrogen (secondary N) is 2. The van der Waals surface area contributed by atoms with E-state index >= 15 is 0 Å². The van der Waals surface area contributed by atoms with Gasteiger partial charge in [-0.15, -0.1) is 0 Å². The van der Waals surface area contributed by atoms with Crippen LogP contribution in [0.4, 0.5) is 16.2 Å². The lowest BCUT2D eigenvalue weighted by Crippen LogP contribution is -2.65. The van der Waals surface area contributed by atoms with E-state index in [-0.39, 0.29) is 18.0 Å². The summed E-state index contributed by atoms with van der Waals surface area (Å²) in [6.45, 7) is 1.91. The zero-order chi connectivity index (χ0) is 21.6. The van der Waals surface area contributed by atoms with E-state index in [1.807, 2.05) is 61.5 Å². The van der Waals surface area contributed by atoms with Crippen LogP contribution in [0.2, 0.25) is 0 Å². The molecule has 2 atom stereocenters. The molecular formula is C24H20BrN3O3. The maximum absolute atomic E-state index is 13.1. The topological polar surface area (TPSA) is 70.7 Å². The number of fused-ring (bicyclic) bond motifs is 4. The summed E-state index contributed by atoms with van der Waals surface area (Å²) in [4.78, 5) is 27.5. The summed E-state index contributed by atoms with van der Waals surface area (Å²) in [5.41, 5.74) is 1.85. The quantitative estimate of drug-likeness (QED) is 0.525. The number of halogens is 1. The zero-order valence-corrected chi connectivity index (χ0v) is 18.3. The fourth-order valence-electron chi connectivity index (χ4n) is 4.27. The minimum atomic E-state index is -0.860. The highest BCUT2D eigenvalue weighted by Crippen LogP contribution is 2.45. The van der Waals surface area contributed by atoms with Crippen molar-refractivity contribution in [2.45, 2.75) is 25.1 Å². The summed E-state index contributed by atoms with van der Waals surface area (Å²) in [7, 11) is 0. The van der Waals surface area contributed by atoms with Crippen LogP contribution in [-0.2, 0) is 0 Å². The number of ether oxygens (including phenoxy) is 1. The Hall–Kier alpha value is -3.32. The van der Waals surface area contributed by atoms with E-state index in [2.05, 4.69) is 26.6 Å². The number of amides is 3. The molecule has 2 bridgehead atoms. The summed E-state index contributed by atoms with van der Waals surface area (Å²) in [6, 6.07) is 21.8. The molecule has 7 heteroatoms. The number of para-hydroxylation sites is 1. The second kappa shape index (κ2) is 7.42. The van der Waals surface area contributed by atoms with Gasteiger partial charge >= 0.3 is 6.03 Å². The first-order valence-corrected chi connectivity index (χ1v) is 10.8. The second-order valence-corrected chi connectivity index (χ2v) is 8.79. The summed E-state index contributed by atoms with van der Waals surface area (Å²) in [6.07, 6.45) is 0.601. The van der Waals surface area contributed by atoms with Gasteiger partial charge in [-0.25, -0.2) is 4.79 Å². The van der Waals surface area contributed by atoms with Crippen LogP contribution >= 0.6 is 15.9 Å². The molecule has 31 heavy (non-hydrogen) atoms. The molecule has 1 saturated heterocycles. The molecule has 156 valence electrons. The Morgan fingerprint density at radius 3 is 2.77 bits per heavy atom. The lowest BCUT2D eigenvalue weighted by Gasteiger charge is -2.50. The Morgan fingerprint density at radius 2 is 1.94 bits per heavy atom. The van der Waals surface area contributed by atoms with Gasteiger partial charge in [-0.1, -0.05) is 46.3 Å². The van der Waals surface area contributed by atoms with E-state index < -0.39 is 5.72 Å². The molecule has 1 fully saturated rings. The van der Waals surface area contributed by atoms with E-state index in [4.69, 9.17) is 4.74 Å². The number of rotatable bonds is 3. The van der Waals surface area contributed by atoms with Gasteiger partial charge in [-0.3, -0.25) is 9.69 Å². The first-order valence-electron chi connectivity index (χ1n) is 9.99. The minimum Gasteiger partial charge on any atom is -0.467 e. The Bertz CT molecular complexity index is 1200. The number of carbonyl (C=O) groups is 2. The molecule has 5 rings (SSSR count). The number of urea groups is 1. The lowest BCUT2D eigenvalue weighted by atomic mass is 9.90. The van der Waals surface area contributed by atoms with Gasteiger partial charge in [-0.05, 0) is 49.4 Å². The van der Waals surface area contributed by atoms with Crippen molar-refractivity contribution >= 4 is 39.2 Å². The summed E-state index contributed by atoms with van der Waals surface area (Å²) in [5.74, 6) is 0.505. The number of benzene rings is 3. The SMILES string of the molecule is CC12CC(NC(=O)N1c1cccc(C(=O)Nc3cccc(Br)c3)c1)c1ccccc1O2. The predicted molar refractivity (Wildman–Crippen MR) is 122 cm³/mol. The van der Waals surface area contributed by atoms with Crippen LogP contribution in [0.5, 0.6) is 5.75 Å². The van der Waals surface area contributed by atoms with Crippen LogP contribution < -0.4 is 20.3 Å². The molecule has 2 heterocycles. The van der Waals surface area contributed by atoms with Gasteiger partial charge < -0.3 is 15.4 Å². The average molecular weight is 478 g/mol. The van der Waals surface area contributed by atoms with Gasteiger partial charge in [0, 0.05) is 27.7 Å². The highest BCUT2D eigenvalue weighted by Gasteiger charge is 2.49. The number of carbonyl (C=O) groups excluding carboxylic acids is 2. The van der Waals surface area contributed by atoms with E-state index in [0.717, 1.165) is 15.8 Å². The van der Waals surface area contributed by atoms with Crippen LogP contribution in [0.3, 0.4) is 0 Å². The van der Waals surface area contributed by atoms with Crippen molar-refractivity contribution in [1.29, 1.82) is 0 Å². The molecule has 2 aliphatic heterocycles. The third kappa shape index (κ3) is 3.55. The smallest absolute Gasteiger partial charge is 0.325 e. The molecule has 2 aliphatic rings. The fourth-order valence-corrected chi connectivity index (χ4v) is 4.67. The van der Waals surface area contributed by atoms with E-state index in [0.29, 0.717) is 23.4 Å². The normalized spacial score (nSPS) is 21.5. The standard InChI is InChI=1S/C24H20BrN3O3/c1-24-14-20(19-10-2-3-11-21(19)31-24)27-23(30)28(24)18-9-4-6-15(12-18)22(29)26-17-8-5-7-16(25)13-17/h2-13,20H,14H2,1H3,(H,26,29)(H,27,30). The van der Waals surface area contributed by atoms with E-state index in [1.54, 1.807) is 23.1 Å². The van der Waals surface area contributed by atoms with Crippen molar-refractivity contribution in [3.8, 4) is 5.75 Å². The molecule has 3 aromatic rings. The van der Waals surface area contributed by atoms with Gasteiger partial charge in [-0.2, -0.15) is 0 Å². The molecule has 0 spiro atoms. The molecule has 0 saturated carbocycles. The Morgan fingerprint density at radius 1 is 1.13 bits per heavy atom. The number of hydrogen-bond donors (Lipinski definition) is 2. The van der Waals surface area contributed by atoms with Crippen molar-refractivity contribution in [2.24, 2.45) is 0 Å². The highest BCUT2D eigenvalue weighted by atomic mass is 79.9. The number of anilines is 2. The zero-order valence-electron chi connectivity index (χ0n) is 16.8. The van der Waals surface area contributed by atoms with E-state index in [1.165, 1.54) is 0 Å². The van der Waals surface area contributed by atoms with Crippen molar-refractivity contribution < 1.29 is 14.3 Å². The predicted octanol–water partition coefficient (Wildman–Crippen LogP) is 5.47. The van der Waals surface area contributed by atoms with Crippen LogP contribution in [0.15, 0.2) is 77.3 Å². The van der Waals surface area contributed by atoms with Crippen molar-refractivity contribution in [3.63, 3.8) is 0 Å². The monoisotopic (exact) mass is 477 g/mol. The second-order valence-electron chi connectivity index (χ2n) is 7.87. The molecular weight excluding hydrogens is 458 g/mol. The van der Waals surface area contributed by atoms with Crippen molar-refractivity contribution in [2.75, 3.05) is 10.2 Å². The maximum atomic E-state index is 13.1. The first kappa shape index (κ1) is 19.6. The summed E-state index contributed by atoms with van der Waals surface area (Å²) >= 11 is 3.40. The molecule has 0 aliphatic carbocycles. The summed E-state index contributed by atoms with van der Waals surface area (Å²) in [5, 5.41) is 5.96. The van der Waals surface area contributed by atoms with Gasteiger partial charge in [0.1, 0.15) is 5.75 Å². The van der Waals surface area contributed by atoms with Crippen LogP contribution in [0.25, 0.3) is 0 Å². The molecule has 2 unspecified atom stereocenters. The van der Waals surface area contributed by atoms with Gasteiger partial charge in [0.2, 0.25) is 0 Å². The van der Waals surface area contributed by atoms with Gasteiger partial charge in [0.15, 0.2) is 5.72 Å². The Kier molecular flexibility index (Phi) is 4.70. The molecule has 2 N–H and O–H groups in total. The van der Waals surface area contributed by atoms with Crippen LogP contribution in [0.1, 0.15) is 35.3 Å². The number of hydrogen-bond acceptors (Lipinski definition) is 3. The van der Waals surface area contributed by atoms with Crippen molar-refractivity contribution in [1.82, 2.24) is 5.32 Å². The molecule has 3 amide bonds. The number of nitrogens with zero attached hydrogens (tertiary/aromatic N) is 1. The lowest BCUT2D eigenvalue weighted by molar-refractivity contribution is 0.0378. The first-order chi connectivity index (χ1) is 14.9. The van der Waals surface area contributed by atoms with E-state index in [9.17, 15) is 9.59 Å². The fraction of sp³-hybridized carbons (Fsp3) is 0.167. The molecule has 0 aromatic heterocycles. The maximum Gasteiger partial charge on any atom is 0.325 e. The van der Waals surface area contributed by atoms with Crippen molar-refractivity contribution in [3.05, 3.63) is 88.4 Å².